The van der Waals surface area contributed by atoms with Crippen LogP contribution in [0.1, 0.15) is 12.5 Å². The second-order valence-corrected chi connectivity index (χ2v) is 7.98. The molecule has 26 heavy (non-hydrogen) atoms. The third-order valence-corrected chi connectivity index (χ3v) is 5.59. The largest absolute Gasteiger partial charge is 0.508 e. The van der Waals surface area contributed by atoms with Crippen LogP contribution in [-0.4, -0.2) is 43.0 Å². The number of halogens is 1. The minimum absolute atomic E-state index is 0.0426. The molecule has 2 N–H and O–H groups in total. The van der Waals surface area contributed by atoms with Gasteiger partial charge >= 0.3 is 0 Å². The number of phenolic OH excluding ortho intramolecular Hbond substituents is 1. The van der Waals surface area contributed by atoms with Gasteiger partial charge in [-0.15, -0.1) is 0 Å². The van der Waals surface area contributed by atoms with E-state index in [1.807, 2.05) is 0 Å². The van der Waals surface area contributed by atoms with Gasteiger partial charge in [0.25, 0.3) is 5.91 Å². The van der Waals surface area contributed by atoms with Crippen LogP contribution in [0.4, 0.5) is 0 Å². The third kappa shape index (κ3) is 5.04. The predicted molar refractivity (Wildman–Crippen MR) is 99.7 cm³/mol. The van der Waals surface area contributed by atoms with E-state index in [9.17, 15) is 18.3 Å². The van der Waals surface area contributed by atoms with E-state index >= 15 is 0 Å². The van der Waals surface area contributed by atoms with E-state index in [0.29, 0.717) is 16.3 Å². The molecule has 0 aliphatic rings. The highest BCUT2D eigenvalue weighted by molar-refractivity contribution is 7.89. The van der Waals surface area contributed by atoms with Crippen molar-refractivity contribution in [2.45, 2.75) is 11.8 Å². The number of phenols is 1. The Kier molecular flexibility index (Phi) is 6.36. The van der Waals surface area contributed by atoms with Gasteiger partial charge in [-0.25, -0.2) is 13.8 Å². The smallest absolute Gasteiger partial charge is 0.255 e. The van der Waals surface area contributed by atoms with Gasteiger partial charge in [0.05, 0.1) is 17.2 Å². The van der Waals surface area contributed by atoms with Crippen molar-refractivity contribution in [1.29, 1.82) is 0 Å². The second kappa shape index (κ2) is 8.31. The van der Waals surface area contributed by atoms with Gasteiger partial charge in [-0.2, -0.15) is 9.41 Å². The zero-order valence-corrected chi connectivity index (χ0v) is 15.8. The number of carbonyl (C=O) groups is 1. The van der Waals surface area contributed by atoms with Crippen molar-refractivity contribution < 1.29 is 18.3 Å². The highest BCUT2D eigenvalue weighted by Crippen LogP contribution is 2.17. The fraction of sp³-hybridized carbons (Fsp3) is 0.176. The number of nitrogens with one attached hydrogen (secondary N) is 1. The molecule has 0 atom stereocenters. The van der Waals surface area contributed by atoms with Gasteiger partial charge in [0, 0.05) is 12.1 Å². The Morgan fingerprint density at radius 3 is 2.31 bits per heavy atom. The van der Waals surface area contributed by atoms with Crippen LogP contribution in [0.15, 0.2) is 58.5 Å². The van der Waals surface area contributed by atoms with Gasteiger partial charge in [-0.1, -0.05) is 11.6 Å². The Balaban J connectivity index is 2.01. The third-order valence-electron chi connectivity index (χ3n) is 3.52. The number of hydrogen-bond acceptors (Lipinski definition) is 5. The van der Waals surface area contributed by atoms with Crippen molar-refractivity contribution in [2.24, 2.45) is 5.10 Å². The summed E-state index contributed by atoms with van der Waals surface area (Å²) in [7, 11) is -2.50. The van der Waals surface area contributed by atoms with E-state index in [0.717, 1.165) is 4.31 Å². The van der Waals surface area contributed by atoms with Gasteiger partial charge in [0.1, 0.15) is 5.75 Å². The Bertz CT molecular complexity index is 910. The summed E-state index contributed by atoms with van der Waals surface area (Å²) >= 11 is 5.75. The van der Waals surface area contributed by atoms with E-state index in [2.05, 4.69) is 10.5 Å². The molecule has 138 valence electrons. The van der Waals surface area contributed by atoms with Crippen molar-refractivity contribution in [1.82, 2.24) is 9.73 Å². The van der Waals surface area contributed by atoms with Crippen molar-refractivity contribution in [2.75, 3.05) is 13.6 Å². The van der Waals surface area contributed by atoms with Crippen molar-refractivity contribution in [3.63, 3.8) is 0 Å². The summed E-state index contributed by atoms with van der Waals surface area (Å²) in [4.78, 5) is 12.0. The molecule has 0 fully saturated rings. The van der Waals surface area contributed by atoms with Crippen LogP contribution < -0.4 is 5.43 Å². The Labute approximate surface area is 157 Å². The first-order valence-electron chi connectivity index (χ1n) is 7.54. The molecule has 0 bridgehead atoms. The number of hydrogen-bond donors (Lipinski definition) is 2. The average Bonchev–Trinajstić information content (AvgIpc) is 2.60. The molecule has 0 spiro atoms. The minimum Gasteiger partial charge on any atom is -0.508 e. The van der Waals surface area contributed by atoms with E-state index < -0.39 is 22.5 Å². The molecule has 0 heterocycles. The summed E-state index contributed by atoms with van der Waals surface area (Å²) in [5.74, 6) is -0.456. The van der Waals surface area contributed by atoms with E-state index in [-0.39, 0.29) is 10.6 Å². The van der Waals surface area contributed by atoms with Crippen molar-refractivity contribution in [3.8, 4) is 5.75 Å². The fourth-order valence-electron chi connectivity index (χ4n) is 2.02. The fourth-order valence-corrected chi connectivity index (χ4v) is 3.28. The second-order valence-electron chi connectivity index (χ2n) is 5.49. The quantitative estimate of drug-likeness (QED) is 0.578. The van der Waals surface area contributed by atoms with Crippen LogP contribution in [0.3, 0.4) is 0 Å². The maximum atomic E-state index is 12.4. The maximum Gasteiger partial charge on any atom is 0.255 e. The first kappa shape index (κ1) is 19.9. The lowest BCUT2D eigenvalue weighted by molar-refractivity contribution is -0.121. The molecule has 1 amide bonds. The number of rotatable bonds is 6. The summed E-state index contributed by atoms with van der Waals surface area (Å²) in [5, 5.41) is 13.6. The van der Waals surface area contributed by atoms with Crippen molar-refractivity contribution in [3.05, 3.63) is 59.1 Å². The molecule has 2 aromatic carbocycles. The van der Waals surface area contributed by atoms with E-state index in [1.54, 1.807) is 19.1 Å². The average molecular weight is 396 g/mol. The molecule has 0 aromatic heterocycles. The summed E-state index contributed by atoms with van der Waals surface area (Å²) in [5.41, 5.74) is 3.55. The monoisotopic (exact) mass is 395 g/mol. The first-order valence-corrected chi connectivity index (χ1v) is 9.36. The molecule has 2 rings (SSSR count). The number of nitrogens with zero attached hydrogens (tertiary/aromatic N) is 2. The summed E-state index contributed by atoms with van der Waals surface area (Å²) in [6.07, 6.45) is 0. The number of sulfonamides is 1. The lowest BCUT2D eigenvalue weighted by Gasteiger charge is -2.16. The minimum atomic E-state index is -3.81. The summed E-state index contributed by atoms with van der Waals surface area (Å²) < 4.78 is 25.8. The predicted octanol–water partition coefficient (Wildman–Crippen LogP) is 2.21. The lowest BCUT2D eigenvalue weighted by atomic mass is 10.1. The van der Waals surface area contributed by atoms with Gasteiger partial charge in [0.2, 0.25) is 10.0 Å². The highest BCUT2D eigenvalue weighted by Gasteiger charge is 2.22. The Hall–Kier alpha value is -2.42. The van der Waals surface area contributed by atoms with Crippen LogP contribution in [0.25, 0.3) is 0 Å². The summed E-state index contributed by atoms with van der Waals surface area (Å²) in [6, 6.07) is 12.0. The molecular weight excluding hydrogens is 378 g/mol. The number of benzene rings is 2. The number of hydrazone groups is 1. The SMILES string of the molecule is C/C(=N\NC(=O)CN(C)S(=O)(=O)c1ccc(Cl)cc1)c1ccc(O)cc1. The van der Waals surface area contributed by atoms with Crippen LogP contribution in [0, 0.1) is 0 Å². The molecule has 0 aliphatic carbocycles. The first-order chi connectivity index (χ1) is 12.2. The van der Waals surface area contributed by atoms with Crippen LogP contribution in [0.5, 0.6) is 5.75 Å². The molecule has 0 aliphatic heterocycles. The Morgan fingerprint density at radius 2 is 1.73 bits per heavy atom. The molecule has 0 unspecified atom stereocenters. The standard InChI is InChI=1S/C17H18ClN3O4S/c1-12(13-3-7-15(22)8-4-13)19-20-17(23)11-21(2)26(24,25)16-9-5-14(18)6-10-16/h3-10,22H,11H2,1-2H3,(H,20,23)/b19-12+. The van der Waals surface area contributed by atoms with Gasteiger partial charge < -0.3 is 5.11 Å². The van der Waals surface area contributed by atoms with Gasteiger partial charge in [0.15, 0.2) is 0 Å². The molecule has 0 radical (unpaired) electrons. The zero-order valence-electron chi connectivity index (χ0n) is 14.2. The molecule has 2 aromatic rings. The number of likely N-dealkylation sites (N-methyl/N-ethyl adjacent to an activating group) is 1. The van der Waals surface area contributed by atoms with Gasteiger partial charge in [-0.05, 0) is 61.0 Å². The Morgan fingerprint density at radius 1 is 1.15 bits per heavy atom. The number of aromatic hydroxyl groups is 1. The summed E-state index contributed by atoms with van der Waals surface area (Å²) in [6.45, 7) is 1.29. The van der Waals surface area contributed by atoms with E-state index in [1.165, 1.54) is 43.4 Å². The molecule has 7 nitrogen and oxygen atoms in total. The maximum absolute atomic E-state index is 12.4. The normalized spacial score (nSPS) is 12.2. The van der Waals surface area contributed by atoms with E-state index in [4.69, 9.17) is 11.6 Å². The molecule has 0 saturated heterocycles. The van der Waals surface area contributed by atoms with Crippen LogP contribution >= 0.6 is 11.6 Å². The van der Waals surface area contributed by atoms with Gasteiger partial charge in [-0.3, -0.25) is 4.79 Å². The molecular formula is C17H18ClN3O4S. The van der Waals surface area contributed by atoms with Crippen molar-refractivity contribution >= 4 is 33.2 Å². The molecule has 9 heteroatoms. The highest BCUT2D eigenvalue weighted by atomic mass is 35.5. The van der Waals surface area contributed by atoms with Crippen LogP contribution in [0.2, 0.25) is 5.02 Å². The lowest BCUT2D eigenvalue weighted by Crippen LogP contribution is -2.36. The number of amides is 1. The molecule has 0 saturated carbocycles. The number of carbonyl (C=O) groups excluding carboxylic acids is 1. The zero-order chi connectivity index (χ0) is 19.3. The van der Waals surface area contributed by atoms with Crippen LogP contribution in [-0.2, 0) is 14.8 Å². The topological polar surface area (TPSA) is 99.1 Å².